The molecule has 0 aromatic heterocycles. The van der Waals surface area contributed by atoms with E-state index >= 15 is 0 Å². The minimum Gasteiger partial charge on any atom is -0.496 e. The van der Waals surface area contributed by atoms with Crippen LogP contribution < -0.4 is 4.74 Å². The molecule has 0 spiro atoms. The predicted octanol–water partition coefficient (Wildman–Crippen LogP) is 2.82. The van der Waals surface area contributed by atoms with E-state index in [0.29, 0.717) is 11.3 Å². The second-order valence-corrected chi connectivity index (χ2v) is 4.91. The molecule has 1 fully saturated rings. The number of methoxy groups -OCH3 is 1. The average molecular weight is 248 g/mol. The van der Waals surface area contributed by atoms with E-state index in [0.717, 1.165) is 25.7 Å². The quantitative estimate of drug-likeness (QED) is 0.833. The number of aliphatic hydroxyl groups excluding tert-OH is 1. The number of ether oxygens (including phenoxy) is 1. The van der Waals surface area contributed by atoms with Crippen LogP contribution in [0.25, 0.3) is 0 Å². The fourth-order valence-electron chi connectivity index (χ4n) is 2.67. The molecule has 0 saturated heterocycles. The first-order chi connectivity index (χ1) is 8.74. The van der Waals surface area contributed by atoms with Gasteiger partial charge in [0.15, 0.2) is 5.78 Å². The summed E-state index contributed by atoms with van der Waals surface area (Å²) in [6, 6.07) is 7.08. The Hall–Kier alpha value is -1.35. The zero-order chi connectivity index (χ0) is 13.0. The van der Waals surface area contributed by atoms with Gasteiger partial charge < -0.3 is 9.84 Å². The van der Waals surface area contributed by atoms with Gasteiger partial charge in [-0.15, -0.1) is 0 Å². The summed E-state index contributed by atoms with van der Waals surface area (Å²) in [6.07, 6.45) is 4.44. The molecule has 1 atom stereocenters. The van der Waals surface area contributed by atoms with Crippen LogP contribution in [0.5, 0.6) is 5.75 Å². The zero-order valence-electron chi connectivity index (χ0n) is 10.8. The molecule has 0 bridgehead atoms. The Labute approximate surface area is 108 Å². The fourth-order valence-corrected chi connectivity index (χ4v) is 2.67. The third kappa shape index (κ3) is 2.72. The zero-order valence-corrected chi connectivity index (χ0v) is 10.8. The van der Waals surface area contributed by atoms with Crippen LogP contribution in [0.4, 0.5) is 0 Å². The predicted molar refractivity (Wildman–Crippen MR) is 69.9 cm³/mol. The van der Waals surface area contributed by atoms with Crippen LogP contribution in [0, 0.1) is 5.92 Å². The standard InChI is InChI=1S/C15H20O3/c1-18-13-10-6-5-9-12(13)15(17)14(16)11-7-3-2-4-8-11/h5-6,9-11,14,16H,2-4,7-8H2,1H3. The Balaban J connectivity index is 2.14. The number of carbonyl (C=O) groups excluding carboxylic acids is 1. The van der Waals surface area contributed by atoms with Crippen LogP contribution in [-0.4, -0.2) is 24.1 Å². The second-order valence-electron chi connectivity index (χ2n) is 4.91. The van der Waals surface area contributed by atoms with Crippen LogP contribution in [0.2, 0.25) is 0 Å². The van der Waals surface area contributed by atoms with Gasteiger partial charge in [0.1, 0.15) is 11.9 Å². The lowest BCUT2D eigenvalue weighted by molar-refractivity contribution is 0.0532. The molecule has 0 amide bonds. The van der Waals surface area contributed by atoms with Gasteiger partial charge in [-0.05, 0) is 30.9 Å². The molecule has 18 heavy (non-hydrogen) atoms. The van der Waals surface area contributed by atoms with Gasteiger partial charge in [0.2, 0.25) is 0 Å². The topological polar surface area (TPSA) is 46.5 Å². The molecule has 1 aromatic carbocycles. The number of rotatable bonds is 4. The number of benzene rings is 1. The summed E-state index contributed by atoms with van der Waals surface area (Å²) >= 11 is 0. The maximum Gasteiger partial charge on any atom is 0.195 e. The number of aliphatic hydroxyl groups is 1. The molecule has 1 aromatic rings. The lowest BCUT2D eigenvalue weighted by Crippen LogP contribution is -2.31. The number of para-hydroxylation sites is 1. The molecular weight excluding hydrogens is 228 g/mol. The van der Waals surface area contributed by atoms with E-state index in [1.165, 1.54) is 6.42 Å². The van der Waals surface area contributed by atoms with Gasteiger partial charge in [-0.3, -0.25) is 4.79 Å². The lowest BCUT2D eigenvalue weighted by Gasteiger charge is -2.25. The first-order valence-electron chi connectivity index (χ1n) is 6.59. The molecule has 1 aliphatic rings. The highest BCUT2D eigenvalue weighted by atomic mass is 16.5. The van der Waals surface area contributed by atoms with Crippen molar-refractivity contribution >= 4 is 5.78 Å². The van der Waals surface area contributed by atoms with Crippen LogP contribution in [0.15, 0.2) is 24.3 Å². The van der Waals surface area contributed by atoms with Crippen molar-refractivity contribution in [2.45, 2.75) is 38.2 Å². The van der Waals surface area contributed by atoms with Crippen molar-refractivity contribution in [1.29, 1.82) is 0 Å². The minimum absolute atomic E-state index is 0.108. The first-order valence-corrected chi connectivity index (χ1v) is 6.59. The summed E-state index contributed by atoms with van der Waals surface area (Å²) < 4.78 is 5.17. The number of ketones is 1. The summed E-state index contributed by atoms with van der Waals surface area (Å²) in [6.45, 7) is 0. The highest BCUT2D eigenvalue weighted by Crippen LogP contribution is 2.29. The van der Waals surface area contributed by atoms with Crippen molar-refractivity contribution in [3.63, 3.8) is 0 Å². The van der Waals surface area contributed by atoms with Gasteiger partial charge in [0.25, 0.3) is 0 Å². The highest BCUT2D eigenvalue weighted by molar-refractivity contribution is 6.01. The first kappa shape index (κ1) is 13.1. The van der Waals surface area contributed by atoms with E-state index in [1.807, 2.05) is 6.07 Å². The Bertz CT molecular complexity index is 408. The maximum absolute atomic E-state index is 12.3. The van der Waals surface area contributed by atoms with Gasteiger partial charge >= 0.3 is 0 Å². The summed E-state index contributed by atoms with van der Waals surface area (Å²) in [5.41, 5.74) is 0.484. The normalized spacial score (nSPS) is 18.3. The lowest BCUT2D eigenvalue weighted by atomic mass is 9.82. The summed E-state index contributed by atoms with van der Waals surface area (Å²) in [4.78, 5) is 12.3. The van der Waals surface area contributed by atoms with Crippen molar-refractivity contribution in [3.8, 4) is 5.75 Å². The number of Topliss-reactive ketones (excluding diaryl/α,β-unsaturated/α-hetero) is 1. The monoisotopic (exact) mass is 248 g/mol. The third-order valence-corrected chi connectivity index (χ3v) is 3.74. The Morgan fingerprint density at radius 1 is 1.28 bits per heavy atom. The molecule has 0 heterocycles. The van der Waals surface area contributed by atoms with Crippen LogP contribution in [0.1, 0.15) is 42.5 Å². The van der Waals surface area contributed by atoms with Gasteiger partial charge in [-0.2, -0.15) is 0 Å². The molecule has 1 saturated carbocycles. The molecule has 2 rings (SSSR count). The Morgan fingerprint density at radius 3 is 2.61 bits per heavy atom. The van der Waals surface area contributed by atoms with E-state index in [1.54, 1.807) is 25.3 Å². The van der Waals surface area contributed by atoms with Gasteiger partial charge in [0.05, 0.1) is 12.7 Å². The SMILES string of the molecule is COc1ccccc1C(=O)C(O)C1CCCCC1. The second kappa shape index (κ2) is 6.01. The summed E-state index contributed by atoms with van der Waals surface area (Å²) in [7, 11) is 1.54. The van der Waals surface area contributed by atoms with Crippen molar-refractivity contribution in [2.24, 2.45) is 5.92 Å². The Kier molecular flexibility index (Phi) is 4.37. The van der Waals surface area contributed by atoms with E-state index in [2.05, 4.69) is 0 Å². The summed E-state index contributed by atoms with van der Waals surface area (Å²) in [5.74, 6) is 0.438. The average Bonchev–Trinajstić information content (AvgIpc) is 2.46. The highest BCUT2D eigenvalue weighted by Gasteiger charge is 2.29. The molecule has 1 unspecified atom stereocenters. The summed E-state index contributed by atoms with van der Waals surface area (Å²) in [5, 5.41) is 10.2. The van der Waals surface area contributed by atoms with Gasteiger partial charge in [-0.25, -0.2) is 0 Å². The number of hydrogen-bond acceptors (Lipinski definition) is 3. The molecule has 1 N–H and O–H groups in total. The largest absolute Gasteiger partial charge is 0.496 e. The molecular formula is C15H20O3. The number of hydrogen-bond donors (Lipinski definition) is 1. The van der Waals surface area contributed by atoms with Crippen molar-refractivity contribution < 1.29 is 14.6 Å². The van der Waals surface area contributed by atoms with Crippen LogP contribution in [-0.2, 0) is 0 Å². The number of carbonyl (C=O) groups is 1. The van der Waals surface area contributed by atoms with Crippen LogP contribution >= 0.6 is 0 Å². The minimum atomic E-state index is -0.887. The molecule has 1 aliphatic carbocycles. The Morgan fingerprint density at radius 2 is 1.94 bits per heavy atom. The molecule has 0 radical (unpaired) electrons. The smallest absolute Gasteiger partial charge is 0.195 e. The van der Waals surface area contributed by atoms with E-state index in [4.69, 9.17) is 4.74 Å². The van der Waals surface area contributed by atoms with Crippen LogP contribution in [0.3, 0.4) is 0 Å². The third-order valence-electron chi connectivity index (χ3n) is 3.74. The maximum atomic E-state index is 12.3. The van der Waals surface area contributed by atoms with E-state index < -0.39 is 6.10 Å². The van der Waals surface area contributed by atoms with Gasteiger partial charge in [0, 0.05) is 0 Å². The van der Waals surface area contributed by atoms with Gasteiger partial charge in [-0.1, -0.05) is 31.4 Å². The molecule has 98 valence electrons. The molecule has 3 nitrogen and oxygen atoms in total. The van der Waals surface area contributed by atoms with E-state index in [9.17, 15) is 9.90 Å². The molecule has 3 heteroatoms. The van der Waals surface area contributed by atoms with Crippen molar-refractivity contribution in [3.05, 3.63) is 29.8 Å². The molecule has 0 aliphatic heterocycles. The van der Waals surface area contributed by atoms with Crippen molar-refractivity contribution in [2.75, 3.05) is 7.11 Å². The van der Waals surface area contributed by atoms with Crippen molar-refractivity contribution in [1.82, 2.24) is 0 Å². The fraction of sp³-hybridized carbons (Fsp3) is 0.533. The van der Waals surface area contributed by atoms with E-state index in [-0.39, 0.29) is 11.7 Å².